The van der Waals surface area contributed by atoms with Crippen LogP contribution in [0.4, 0.5) is 11.5 Å². The van der Waals surface area contributed by atoms with Crippen molar-refractivity contribution >= 4 is 39.2 Å². The Hall–Kier alpha value is -3.98. The first-order valence-corrected chi connectivity index (χ1v) is 13.8. The molecule has 15 heteroatoms. The molecule has 0 aliphatic heterocycles. The number of nitrogen functional groups attached to an aromatic ring is 1. The molecule has 0 fully saturated rings. The van der Waals surface area contributed by atoms with Crippen LogP contribution in [-0.2, 0) is 27.7 Å². The third kappa shape index (κ3) is 5.27. The summed E-state index contributed by atoms with van der Waals surface area (Å²) in [5, 5.41) is 18.7. The Balaban J connectivity index is 1.19. The Morgan fingerprint density at radius 3 is 2.70 bits per heavy atom. The number of aromatic nitrogens is 7. The summed E-state index contributed by atoms with van der Waals surface area (Å²) in [4.78, 5) is 20.7. The van der Waals surface area contributed by atoms with Crippen LogP contribution < -0.4 is 15.9 Å². The highest BCUT2D eigenvalue weighted by atomic mass is 32.2. The highest BCUT2D eigenvalue weighted by Crippen LogP contribution is 2.30. The third-order valence-electron chi connectivity index (χ3n) is 5.67. The molecule has 0 spiro atoms. The van der Waals surface area contributed by atoms with Gasteiger partial charge in [0.25, 0.3) is 10.0 Å². The Kier molecular flexibility index (Phi) is 6.55. The van der Waals surface area contributed by atoms with E-state index in [0.717, 1.165) is 42.3 Å². The van der Waals surface area contributed by atoms with Crippen molar-refractivity contribution in [3.63, 3.8) is 0 Å². The maximum atomic E-state index is 12.7. The molecular formula is C22H24N10O3S2. The van der Waals surface area contributed by atoms with E-state index in [1.165, 1.54) is 28.9 Å². The number of amides is 1. The predicted octanol–water partition coefficient (Wildman–Crippen LogP) is 1.81. The Morgan fingerprint density at radius 2 is 1.95 bits per heavy atom. The van der Waals surface area contributed by atoms with Gasteiger partial charge in [0.05, 0.1) is 10.6 Å². The SMILES string of the molecule is Cc1cc(NS(=O)(=O)c2ccc(NC(=O)CSc3nnc(-c4n[nH]c5c4CCC5)n3N)cc2)nc(C)n1. The van der Waals surface area contributed by atoms with Crippen molar-refractivity contribution in [2.75, 3.05) is 21.6 Å². The molecule has 37 heavy (non-hydrogen) atoms. The lowest BCUT2D eigenvalue weighted by Gasteiger charge is -2.10. The second-order valence-corrected chi connectivity index (χ2v) is 11.1. The van der Waals surface area contributed by atoms with Gasteiger partial charge in [0.2, 0.25) is 16.9 Å². The monoisotopic (exact) mass is 540 g/mol. The van der Waals surface area contributed by atoms with Crippen molar-refractivity contribution in [2.24, 2.45) is 0 Å². The molecule has 3 aromatic heterocycles. The van der Waals surface area contributed by atoms with E-state index in [1.807, 2.05) is 0 Å². The van der Waals surface area contributed by atoms with Crippen LogP contribution in [0.25, 0.3) is 11.5 Å². The van der Waals surface area contributed by atoms with Gasteiger partial charge < -0.3 is 11.2 Å². The van der Waals surface area contributed by atoms with Crippen molar-refractivity contribution in [3.8, 4) is 11.5 Å². The van der Waals surface area contributed by atoms with E-state index < -0.39 is 10.0 Å². The van der Waals surface area contributed by atoms with Crippen molar-refractivity contribution < 1.29 is 13.2 Å². The number of H-pyrrole nitrogens is 1. The number of aryl methyl sites for hydroxylation is 3. The molecule has 0 bridgehead atoms. The zero-order valence-electron chi connectivity index (χ0n) is 20.0. The number of nitrogens with one attached hydrogen (secondary N) is 3. The van der Waals surface area contributed by atoms with Gasteiger partial charge in [-0.05, 0) is 57.4 Å². The van der Waals surface area contributed by atoms with Gasteiger partial charge >= 0.3 is 0 Å². The summed E-state index contributed by atoms with van der Waals surface area (Å²) in [5.74, 6) is 6.98. The van der Waals surface area contributed by atoms with Gasteiger partial charge in [-0.3, -0.25) is 14.6 Å². The van der Waals surface area contributed by atoms with E-state index in [0.29, 0.717) is 33.9 Å². The number of hydrogen-bond donors (Lipinski definition) is 4. The highest BCUT2D eigenvalue weighted by Gasteiger charge is 2.24. The lowest BCUT2D eigenvalue weighted by Crippen LogP contribution is -2.17. The number of nitrogens with zero attached hydrogens (tertiary/aromatic N) is 6. The minimum atomic E-state index is -3.86. The minimum absolute atomic E-state index is 0.0298. The molecule has 5 N–H and O–H groups in total. The number of nitrogens with two attached hydrogens (primary N) is 1. The molecule has 4 aromatic rings. The standard InChI is InChI=1S/C22H24N10O3S2/c1-12-10-18(25-13(2)24-12)31-37(34,35)15-8-6-14(7-9-15)26-19(33)11-36-22-30-29-21(32(22)23)20-16-4-3-5-17(16)27-28-20/h6-10H,3-5,11,23H2,1-2H3,(H,26,33)(H,27,28)(H,24,25,31). The van der Waals surface area contributed by atoms with Crippen LogP contribution in [0.15, 0.2) is 40.4 Å². The number of rotatable bonds is 8. The summed E-state index contributed by atoms with van der Waals surface area (Å²) < 4.78 is 29.2. The molecule has 0 atom stereocenters. The minimum Gasteiger partial charge on any atom is -0.335 e. The molecule has 192 valence electrons. The molecule has 1 aliphatic rings. The van der Waals surface area contributed by atoms with Gasteiger partial charge in [-0.25, -0.2) is 23.1 Å². The van der Waals surface area contributed by atoms with Crippen LogP contribution >= 0.6 is 11.8 Å². The Morgan fingerprint density at radius 1 is 1.16 bits per heavy atom. The zero-order chi connectivity index (χ0) is 26.2. The van der Waals surface area contributed by atoms with Crippen molar-refractivity contribution in [1.82, 2.24) is 35.0 Å². The largest absolute Gasteiger partial charge is 0.335 e. The van der Waals surface area contributed by atoms with Crippen molar-refractivity contribution in [1.29, 1.82) is 0 Å². The molecule has 1 amide bonds. The summed E-state index contributed by atoms with van der Waals surface area (Å²) in [6, 6.07) is 7.36. The quantitative estimate of drug-likeness (QED) is 0.190. The fraction of sp³-hybridized carbons (Fsp3) is 0.273. The molecule has 1 aromatic carbocycles. The summed E-state index contributed by atoms with van der Waals surface area (Å²) in [7, 11) is -3.86. The molecule has 0 radical (unpaired) electrons. The van der Waals surface area contributed by atoms with Crippen molar-refractivity contribution in [3.05, 3.63) is 53.1 Å². The average Bonchev–Trinajstić information content (AvgIpc) is 3.54. The number of hydrogen-bond acceptors (Lipinski definition) is 10. The van der Waals surface area contributed by atoms with E-state index in [4.69, 9.17) is 5.84 Å². The average molecular weight is 541 g/mol. The van der Waals surface area contributed by atoms with E-state index in [-0.39, 0.29) is 22.4 Å². The second kappa shape index (κ2) is 9.82. The Labute approximate surface area is 216 Å². The summed E-state index contributed by atoms with van der Waals surface area (Å²) in [6.45, 7) is 3.44. The molecule has 3 heterocycles. The van der Waals surface area contributed by atoms with Gasteiger partial charge in [0.15, 0.2) is 0 Å². The summed E-state index contributed by atoms with van der Waals surface area (Å²) in [5.41, 5.74) is 3.99. The summed E-state index contributed by atoms with van der Waals surface area (Å²) >= 11 is 1.13. The number of carbonyl (C=O) groups excluding carboxylic acids is 1. The molecule has 0 saturated carbocycles. The second-order valence-electron chi connectivity index (χ2n) is 8.47. The smallest absolute Gasteiger partial charge is 0.263 e. The summed E-state index contributed by atoms with van der Waals surface area (Å²) in [6.07, 6.45) is 2.92. The normalized spacial score (nSPS) is 12.9. The highest BCUT2D eigenvalue weighted by molar-refractivity contribution is 7.99. The number of carbonyl (C=O) groups is 1. The van der Waals surface area contributed by atoms with Gasteiger partial charge in [-0.1, -0.05) is 11.8 Å². The molecule has 13 nitrogen and oxygen atoms in total. The molecular weight excluding hydrogens is 516 g/mol. The van der Waals surface area contributed by atoms with Gasteiger partial charge in [-0.15, -0.1) is 10.2 Å². The molecule has 1 aliphatic carbocycles. The number of thioether (sulfide) groups is 1. The van der Waals surface area contributed by atoms with Gasteiger partial charge in [0.1, 0.15) is 17.3 Å². The van der Waals surface area contributed by atoms with E-state index in [2.05, 4.69) is 40.4 Å². The maximum absolute atomic E-state index is 12.7. The molecule has 0 unspecified atom stereocenters. The predicted molar refractivity (Wildman–Crippen MR) is 138 cm³/mol. The number of sulfonamides is 1. The van der Waals surface area contributed by atoms with Crippen LogP contribution in [0.5, 0.6) is 0 Å². The van der Waals surface area contributed by atoms with E-state index >= 15 is 0 Å². The lowest BCUT2D eigenvalue weighted by atomic mass is 10.2. The van der Waals surface area contributed by atoms with Crippen LogP contribution in [0.1, 0.15) is 29.2 Å². The fourth-order valence-corrected chi connectivity index (χ4v) is 5.70. The van der Waals surface area contributed by atoms with Crippen LogP contribution in [-0.4, -0.2) is 55.1 Å². The number of aromatic amines is 1. The maximum Gasteiger partial charge on any atom is 0.263 e. The molecule has 5 rings (SSSR count). The number of benzene rings is 1. The fourth-order valence-electron chi connectivity index (χ4n) is 4.05. The molecule has 0 saturated heterocycles. The zero-order valence-corrected chi connectivity index (χ0v) is 21.7. The first-order valence-electron chi connectivity index (χ1n) is 11.3. The van der Waals surface area contributed by atoms with Crippen LogP contribution in [0.2, 0.25) is 0 Å². The number of fused-ring (bicyclic) bond motifs is 1. The third-order valence-corrected chi connectivity index (χ3v) is 7.98. The van der Waals surface area contributed by atoms with E-state index in [1.54, 1.807) is 19.9 Å². The van der Waals surface area contributed by atoms with Crippen LogP contribution in [0.3, 0.4) is 0 Å². The lowest BCUT2D eigenvalue weighted by molar-refractivity contribution is -0.113. The Bertz CT molecular complexity index is 1560. The number of anilines is 2. The first kappa shape index (κ1) is 24.7. The van der Waals surface area contributed by atoms with Gasteiger partial charge in [0, 0.05) is 28.7 Å². The van der Waals surface area contributed by atoms with Crippen molar-refractivity contribution in [2.45, 2.75) is 43.2 Å². The van der Waals surface area contributed by atoms with E-state index in [9.17, 15) is 13.2 Å². The van der Waals surface area contributed by atoms with Crippen LogP contribution in [0, 0.1) is 13.8 Å². The van der Waals surface area contributed by atoms with Gasteiger partial charge in [-0.2, -0.15) is 5.10 Å². The first-order chi connectivity index (χ1) is 17.7. The topological polar surface area (TPSA) is 186 Å².